The van der Waals surface area contributed by atoms with Gasteiger partial charge in [0.25, 0.3) is 0 Å². The van der Waals surface area contributed by atoms with Gasteiger partial charge in [-0.1, -0.05) is 6.92 Å². The summed E-state index contributed by atoms with van der Waals surface area (Å²) in [5.74, 6) is 0.850. The number of nitrogens with zero attached hydrogens (tertiary/aromatic N) is 3. The highest BCUT2D eigenvalue weighted by molar-refractivity contribution is 5.13. The molecule has 0 fully saturated rings. The predicted molar refractivity (Wildman–Crippen MR) is 71.0 cm³/mol. The van der Waals surface area contributed by atoms with Gasteiger partial charge in [-0.3, -0.25) is 4.98 Å². The third-order valence-electron chi connectivity index (χ3n) is 2.73. The predicted octanol–water partition coefficient (Wildman–Crippen LogP) is 2.16. The molecule has 2 aromatic rings. The van der Waals surface area contributed by atoms with E-state index >= 15 is 0 Å². The Bertz CT molecular complexity index is 444. The van der Waals surface area contributed by atoms with Crippen LogP contribution in [0.2, 0.25) is 0 Å². The van der Waals surface area contributed by atoms with Gasteiger partial charge in [0.05, 0.1) is 6.04 Å². The molecule has 0 aromatic carbocycles. The van der Waals surface area contributed by atoms with Crippen LogP contribution in [0.3, 0.4) is 0 Å². The van der Waals surface area contributed by atoms with E-state index in [1.54, 1.807) is 12.4 Å². The highest BCUT2D eigenvalue weighted by atomic mass is 15.0. The number of pyridine rings is 1. The molecule has 0 saturated heterocycles. The van der Waals surface area contributed by atoms with Crippen LogP contribution in [-0.4, -0.2) is 21.5 Å². The minimum absolute atomic E-state index is 0.161. The Labute approximate surface area is 108 Å². The van der Waals surface area contributed by atoms with Crippen molar-refractivity contribution in [2.75, 3.05) is 6.54 Å². The minimum Gasteiger partial charge on any atom is -0.307 e. The number of nitrogens with one attached hydrogen (secondary N) is 1. The van der Waals surface area contributed by atoms with E-state index in [0.717, 1.165) is 25.2 Å². The summed E-state index contributed by atoms with van der Waals surface area (Å²) in [6.07, 6.45) is 9.19. The summed E-state index contributed by atoms with van der Waals surface area (Å²) in [5, 5.41) is 3.49. The average molecular weight is 242 g/mol. The Morgan fingerprint density at radius 2 is 1.83 bits per heavy atom. The fourth-order valence-corrected chi connectivity index (χ4v) is 1.82. The molecule has 0 bridgehead atoms. The second-order valence-electron chi connectivity index (χ2n) is 4.17. The number of rotatable bonds is 6. The molecule has 18 heavy (non-hydrogen) atoms. The van der Waals surface area contributed by atoms with Crippen molar-refractivity contribution in [2.45, 2.75) is 25.8 Å². The van der Waals surface area contributed by atoms with Crippen molar-refractivity contribution in [2.24, 2.45) is 0 Å². The quantitative estimate of drug-likeness (QED) is 0.843. The lowest BCUT2D eigenvalue weighted by molar-refractivity contribution is 0.504. The normalized spacial score (nSPS) is 12.3. The Kier molecular flexibility index (Phi) is 4.78. The van der Waals surface area contributed by atoms with Crippen molar-refractivity contribution >= 4 is 0 Å². The van der Waals surface area contributed by atoms with Crippen LogP contribution in [-0.2, 0) is 6.42 Å². The Hall–Kier alpha value is -1.81. The molecular weight excluding hydrogens is 224 g/mol. The fraction of sp³-hybridized carbons (Fsp3) is 0.357. The second-order valence-corrected chi connectivity index (χ2v) is 4.17. The molecule has 0 aliphatic carbocycles. The van der Waals surface area contributed by atoms with Gasteiger partial charge in [-0.15, -0.1) is 0 Å². The molecule has 0 saturated carbocycles. The molecule has 1 unspecified atom stereocenters. The van der Waals surface area contributed by atoms with Gasteiger partial charge in [-0.25, -0.2) is 9.97 Å². The lowest BCUT2D eigenvalue weighted by Crippen LogP contribution is -2.25. The topological polar surface area (TPSA) is 50.7 Å². The molecule has 2 heterocycles. The van der Waals surface area contributed by atoms with Crippen molar-refractivity contribution in [3.8, 4) is 0 Å². The molecule has 0 spiro atoms. The van der Waals surface area contributed by atoms with Crippen LogP contribution in [0.4, 0.5) is 0 Å². The van der Waals surface area contributed by atoms with Gasteiger partial charge in [0, 0.05) is 24.8 Å². The van der Waals surface area contributed by atoms with Crippen molar-refractivity contribution in [1.82, 2.24) is 20.3 Å². The van der Waals surface area contributed by atoms with Crippen molar-refractivity contribution in [3.05, 3.63) is 54.4 Å². The summed E-state index contributed by atoms with van der Waals surface area (Å²) in [6, 6.07) is 6.06. The fourth-order valence-electron chi connectivity index (χ4n) is 1.82. The third kappa shape index (κ3) is 3.60. The molecule has 0 aliphatic rings. The summed E-state index contributed by atoms with van der Waals surface area (Å²) in [7, 11) is 0. The first-order valence-electron chi connectivity index (χ1n) is 6.29. The van der Waals surface area contributed by atoms with Gasteiger partial charge in [0.2, 0.25) is 0 Å². The molecule has 4 heteroatoms. The van der Waals surface area contributed by atoms with Gasteiger partial charge < -0.3 is 5.32 Å². The Morgan fingerprint density at radius 1 is 1.11 bits per heavy atom. The van der Waals surface area contributed by atoms with E-state index in [-0.39, 0.29) is 6.04 Å². The summed E-state index contributed by atoms with van der Waals surface area (Å²) in [5.41, 5.74) is 1.24. The third-order valence-corrected chi connectivity index (χ3v) is 2.73. The molecular formula is C14H18N4. The van der Waals surface area contributed by atoms with Crippen LogP contribution in [0, 0.1) is 0 Å². The van der Waals surface area contributed by atoms with Gasteiger partial charge in [0.1, 0.15) is 5.82 Å². The van der Waals surface area contributed by atoms with Gasteiger partial charge in [0.15, 0.2) is 0 Å². The van der Waals surface area contributed by atoms with Crippen LogP contribution in [0.1, 0.15) is 30.8 Å². The summed E-state index contributed by atoms with van der Waals surface area (Å²) < 4.78 is 0. The van der Waals surface area contributed by atoms with Crippen LogP contribution >= 0.6 is 0 Å². The van der Waals surface area contributed by atoms with Crippen LogP contribution in [0.15, 0.2) is 43.0 Å². The lowest BCUT2D eigenvalue weighted by atomic mass is 10.1. The first-order chi connectivity index (χ1) is 8.90. The maximum absolute atomic E-state index is 4.34. The number of hydrogen-bond donors (Lipinski definition) is 1. The summed E-state index contributed by atoms with van der Waals surface area (Å²) >= 11 is 0. The van der Waals surface area contributed by atoms with Crippen LogP contribution < -0.4 is 5.32 Å². The maximum atomic E-state index is 4.34. The molecule has 2 rings (SSSR count). The zero-order valence-corrected chi connectivity index (χ0v) is 10.6. The first-order valence-corrected chi connectivity index (χ1v) is 6.29. The largest absolute Gasteiger partial charge is 0.307 e. The SMILES string of the molecule is CCCNC(Cc1ccncc1)c1ncccn1. The number of aromatic nitrogens is 3. The van der Waals surface area contributed by atoms with Crippen molar-refractivity contribution in [1.29, 1.82) is 0 Å². The molecule has 0 aliphatic heterocycles. The monoisotopic (exact) mass is 242 g/mol. The van der Waals surface area contributed by atoms with E-state index < -0.39 is 0 Å². The molecule has 2 aromatic heterocycles. The van der Waals surface area contributed by atoms with E-state index in [9.17, 15) is 0 Å². The highest BCUT2D eigenvalue weighted by Gasteiger charge is 2.13. The summed E-state index contributed by atoms with van der Waals surface area (Å²) in [6.45, 7) is 3.12. The Balaban J connectivity index is 2.10. The highest BCUT2D eigenvalue weighted by Crippen LogP contribution is 2.13. The van der Waals surface area contributed by atoms with E-state index in [0.29, 0.717) is 0 Å². The first kappa shape index (κ1) is 12.6. The molecule has 0 radical (unpaired) electrons. The van der Waals surface area contributed by atoms with Gasteiger partial charge in [-0.05, 0) is 43.1 Å². The van der Waals surface area contributed by atoms with Gasteiger partial charge in [-0.2, -0.15) is 0 Å². The molecule has 0 amide bonds. The standard InChI is InChI=1S/C14H18N4/c1-2-6-16-13(14-17-7-3-8-18-14)11-12-4-9-15-10-5-12/h3-5,7-10,13,16H,2,6,11H2,1H3. The molecule has 1 N–H and O–H groups in total. The van der Waals surface area contributed by atoms with Gasteiger partial charge >= 0.3 is 0 Å². The minimum atomic E-state index is 0.161. The van der Waals surface area contributed by atoms with E-state index in [2.05, 4.69) is 27.2 Å². The van der Waals surface area contributed by atoms with Crippen LogP contribution in [0.5, 0.6) is 0 Å². The van der Waals surface area contributed by atoms with Crippen molar-refractivity contribution < 1.29 is 0 Å². The van der Waals surface area contributed by atoms with E-state index in [1.807, 2.05) is 30.6 Å². The average Bonchev–Trinajstić information content (AvgIpc) is 2.45. The van der Waals surface area contributed by atoms with Crippen LogP contribution in [0.25, 0.3) is 0 Å². The zero-order valence-electron chi connectivity index (χ0n) is 10.6. The lowest BCUT2D eigenvalue weighted by Gasteiger charge is -2.16. The maximum Gasteiger partial charge on any atom is 0.145 e. The number of hydrogen-bond acceptors (Lipinski definition) is 4. The van der Waals surface area contributed by atoms with E-state index in [1.165, 1.54) is 5.56 Å². The van der Waals surface area contributed by atoms with E-state index in [4.69, 9.17) is 0 Å². The zero-order chi connectivity index (χ0) is 12.6. The molecule has 94 valence electrons. The smallest absolute Gasteiger partial charge is 0.145 e. The Morgan fingerprint density at radius 3 is 2.50 bits per heavy atom. The molecule has 4 nitrogen and oxygen atoms in total. The second kappa shape index (κ2) is 6.81. The molecule has 1 atom stereocenters. The summed E-state index contributed by atoms with van der Waals surface area (Å²) in [4.78, 5) is 12.7. The van der Waals surface area contributed by atoms with Crippen molar-refractivity contribution in [3.63, 3.8) is 0 Å².